The quantitative estimate of drug-likeness (QED) is 0.554. The fraction of sp³-hybridized carbons (Fsp3) is 0.917. The van der Waals surface area contributed by atoms with Crippen LogP contribution in [0, 0.1) is 5.92 Å². The highest BCUT2D eigenvalue weighted by molar-refractivity contribution is 5.69. The molecule has 0 radical (unpaired) electrons. The summed E-state index contributed by atoms with van der Waals surface area (Å²) in [6.07, 6.45) is 1.04. The summed E-state index contributed by atoms with van der Waals surface area (Å²) in [6.45, 7) is 7.45. The molecule has 0 fully saturated rings. The molecule has 0 spiro atoms. The molecule has 0 saturated heterocycles. The predicted molar refractivity (Wildman–Crippen MR) is 66.2 cm³/mol. The van der Waals surface area contributed by atoms with Gasteiger partial charge in [0.15, 0.2) is 0 Å². The van der Waals surface area contributed by atoms with E-state index in [1.54, 1.807) is 7.11 Å². The van der Waals surface area contributed by atoms with Gasteiger partial charge in [-0.1, -0.05) is 13.8 Å². The zero-order valence-electron chi connectivity index (χ0n) is 11.1. The molecular formula is C12H25NO4. The summed E-state index contributed by atoms with van der Waals surface area (Å²) < 4.78 is 10.4. The van der Waals surface area contributed by atoms with Gasteiger partial charge in [-0.25, -0.2) is 0 Å². The standard InChI is InChI=1S/C12H25NO4/c1-11(2)4-7-17-9-6-13(5-8-16-3)10-12(14)15/h11H,4-10H2,1-3H3,(H,14,15). The second kappa shape index (κ2) is 10.5. The van der Waals surface area contributed by atoms with E-state index in [9.17, 15) is 4.79 Å². The number of carbonyl (C=O) groups is 1. The zero-order valence-corrected chi connectivity index (χ0v) is 11.1. The molecule has 0 unspecified atom stereocenters. The van der Waals surface area contributed by atoms with E-state index in [-0.39, 0.29) is 6.54 Å². The normalized spacial score (nSPS) is 11.4. The highest BCUT2D eigenvalue weighted by Gasteiger charge is 2.08. The van der Waals surface area contributed by atoms with Crippen LogP contribution in [0.1, 0.15) is 20.3 Å². The smallest absolute Gasteiger partial charge is 0.317 e. The Labute approximate surface area is 104 Å². The van der Waals surface area contributed by atoms with Gasteiger partial charge in [0.05, 0.1) is 19.8 Å². The van der Waals surface area contributed by atoms with Gasteiger partial charge in [0, 0.05) is 26.8 Å². The molecule has 0 heterocycles. The van der Waals surface area contributed by atoms with Crippen molar-refractivity contribution in [3.63, 3.8) is 0 Å². The fourth-order valence-corrected chi connectivity index (χ4v) is 1.30. The van der Waals surface area contributed by atoms with Crippen LogP contribution < -0.4 is 0 Å². The van der Waals surface area contributed by atoms with Crippen LogP contribution in [-0.2, 0) is 14.3 Å². The van der Waals surface area contributed by atoms with E-state index in [0.29, 0.717) is 32.2 Å². The molecule has 0 aliphatic rings. The highest BCUT2D eigenvalue weighted by atomic mass is 16.5. The first-order valence-corrected chi connectivity index (χ1v) is 6.07. The molecule has 0 amide bonds. The van der Waals surface area contributed by atoms with Crippen molar-refractivity contribution in [3.05, 3.63) is 0 Å². The van der Waals surface area contributed by atoms with Gasteiger partial charge in [0.2, 0.25) is 0 Å². The first kappa shape index (κ1) is 16.4. The van der Waals surface area contributed by atoms with Gasteiger partial charge in [0.25, 0.3) is 0 Å². The van der Waals surface area contributed by atoms with Gasteiger partial charge in [-0.05, 0) is 12.3 Å². The van der Waals surface area contributed by atoms with E-state index in [1.807, 2.05) is 4.90 Å². The van der Waals surface area contributed by atoms with Crippen molar-refractivity contribution < 1.29 is 19.4 Å². The van der Waals surface area contributed by atoms with Crippen molar-refractivity contribution in [2.75, 3.05) is 46.6 Å². The maximum absolute atomic E-state index is 10.6. The summed E-state index contributed by atoms with van der Waals surface area (Å²) in [6, 6.07) is 0. The lowest BCUT2D eigenvalue weighted by Gasteiger charge is -2.19. The minimum absolute atomic E-state index is 0.0386. The van der Waals surface area contributed by atoms with E-state index < -0.39 is 5.97 Å². The van der Waals surface area contributed by atoms with Crippen molar-refractivity contribution in [3.8, 4) is 0 Å². The van der Waals surface area contributed by atoms with Crippen molar-refractivity contribution in [2.24, 2.45) is 5.92 Å². The van der Waals surface area contributed by atoms with Crippen LogP contribution in [0.5, 0.6) is 0 Å². The van der Waals surface area contributed by atoms with Gasteiger partial charge >= 0.3 is 5.97 Å². The predicted octanol–water partition coefficient (Wildman–Crippen LogP) is 1.08. The second-order valence-electron chi connectivity index (χ2n) is 4.46. The Morgan fingerprint density at radius 2 is 1.88 bits per heavy atom. The largest absolute Gasteiger partial charge is 0.480 e. The monoisotopic (exact) mass is 247 g/mol. The Morgan fingerprint density at radius 1 is 1.24 bits per heavy atom. The molecule has 0 rings (SSSR count). The summed E-state index contributed by atoms with van der Waals surface area (Å²) in [5, 5.41) is 8.74. The van der Waals surface area contributed by atoms with Gasteiger partial charge in [-0.15, -0.1) is 0 Å². The van der Waals surface area contributed by atoms with Crippen molar-refractivity contribution in [2.45, 2.75) is 20.3 Å². The first-order chi connectivity index (χ1) is 8.06. The number of nitrogens with zero attached hydrogens (tertiary/aromatic N) is 1. The minimum Gasteiger partial charge on any atom is -0.480 e. The first-order valence-electron chi connectivity index (χ1n) is 6.07. The molecule has 1 N–H and O–H groups in total. The van der Waals surface area contributed by atoms with Crippen molar-refractivity contribution >= 4 is 5.97 Å². The number of rotatable bonds is 11. The third-order valence-electron chi connectivity index (χ3n) is 2.36. The van der Waals surface area contributed by atoms with Crippen molar-refractivity contribution in [1.82, 2.24) is 4.90 Å². The summed E-state index contributed by atoms with van der Waals surface area (Å²) in [5.41, 5.74) is 0. The van der Waals surface area contributed by atoms with Gasteiger partial charge in [-0.3, -0.25) is 9.69 Å². The summed E-state index contributed by atoms with van der Waals surface area (Å²) in [7, 11) is 1.61. The number of ether oxygens (including phenoxy) is 2. The maximum Gasteiger partial charge on any atom is 0.317 e. The van der Waals surface area contributed by atoms with Crippen molar-refractivity contribution in [1.29, 1.82) is 0 Å². The van der Waals surface area contributed by atoms with Gasteiger partial charge in [0.1, 0.15) is 0 Å². The van der Waals surface area contributed by atoms with Crippen LogP contribution in [0.4, 0.5) is 0 Å². The van der Waals surface area contributed by atoms with E-state index in [1.165, 1.54) is 0 Å². The Morgan fingerprint density at radius 3 is 2.41 bits per heavy atom. The van der Waals surface area contributed by atoms with E-state index in [4.69, 9.17) is 14.6 Å². The fourth-order valence-electron chi connectivity index (χ4n) is 1.30. The van der Waals surface area contributed by atoms with Gasteiger partial charge in [-0.2, -0.15) is 0 Å². The molecule has 0 aromatic carbocycles. The number of hydrogen-bond acceptors (Lipinski definition) is 4. The van der Waals surface area contributed by atoms with Gasteiger partial charge < -0.3 is 14.6 Å². The summed E-state index contributed by atoms with van der Waals surface area (Å²) in [5.74, 6) is -0.179. The number of hydrogen-bond donors (Lipinski definition) is 1. The maximum atomic E-state index is 10.6. The third-order valence-corrected chi connectivity index (χ3v) is 2.36. The Bertz CT molecular complexity index is 197. The van der Waals surface area contributed by atoms with Crippen LogP contribution >= 0.6 is 0 Å². The third kappa shape index (κ3) is 11.6. The molecule has 102 valence electrons. The molecule has 0 aliphatic heterocycles. The Kier molecular flexibility index (Phi) is 10.1. The Hall–Kier alpha value is -0.650. The SMILES string of the molecule is COCCN(CCOCCC(C)C)CC(=O)O. The van der Waals surface area contributed by atoms with Crippen LogP contribution in [0.25, 0.3) is 0 Å². The van der Waals surface area contributed by atoms with E-state index in [2.05, 4.69) is 13.8 Å². The molecule has 0 aromatic heterocycles. The molecule has 0 aromatic rings. The van der Waals surface area contributed by atoms with Crippen LogP contribution in [0.2, 0.25) is 0 Å². The molecule has 5 heteroatoms. The highest BCUT2D eigenvalue weighted by Crippen LogP contribution is 1.99. The average molecular weight is 247 g/mol. The number of carboxylic acid groups (broad SMARTS) is 1. The molecule has 0 aliphatic carbocycles. The van der Waals surface area contributed by atoms with Crippen LogP contribution in [-0.4, -0.2) is 62.5 Å². The molecule has 0 bridgehead atoms. The lowest BCUT2D eigenvalue weighted by atomic mass is 10.1. The molecule has 0 saturated carbocycles. The molecular weight excluding hydrogens is 222 g/mol. The Balaban J connectivity index is 3.63. The van der Waals surface area contributed by atoms with E-state index >= 15 is 0 Å². The summed E-state index contributed by atoms with van der Waals surface area (Å²) in [4.78, 5) is 12.4. The lowest BCUT2D eigenvalue weighted by Crippen LogP contribution is -2.35. The second-order valence-corrected chi connectivity index (χ2v) is 4.46. The van der Waals surface area contributed by atoms with Crippen LogP contribution in [0.15, 0.2) is 0 Å². The van der Waals surface area contributed by atoms with Crippen LogP contribution in [0.3, 0.4) is 0 Å². The molecule has 17 heavy (non-hydrogen) atoms. The molecule has 0 atom stereocenters. The lowest BCUT2D eigenvalue weighted by molar-refractivity contribution is -0.138. The minimum atomic E-state index is -0.816. The topological polar surface area (TPSA) is 59.0 Å². The number of methoxy groups -OCH3 is 1. The number of aliphatic carboxylic acids is 1. The number of carboxylic acids is 1. The summed E-state index contributed by atoms with van der Waals surface area (Å²) >= 11 is 0. The average Bonchev–Trinajstić information content (AvgIpc) is 2.23. The molecule has 5 nitrogen and oxygen atoms in total. The van der Waals surface area contributed by atoms with E-state index in [0.717, 1.165) is 13.0 Å². The zero-order chi connectivity index (χ0) is 13.1.